The molecule has 0 spiro atoms. The first-order chi connectivity index (χ1) is 7.81. The second kappa shape index (κ2) is 5.05. The van der Waals surface area contributed by atoms with Crippen LogP contribution in [-0.4, -0.2) is 5.11 Å². The minimum atomic E-state index is 0.283. The number of benzene rings is 2. The number of phenolic OH excluding ortho intramolecular Hbond substituents is 1. The number of thiol groups is 1. The zero-order chi connectivity index (χ0) is 11.4. The third-order valence-electron chi connectivity index (χ3n) is 2.44. The molecular formula is C13H13NOS. The van der Waals surface area contributed by atoms with Gasteiger partial charge in [-0.3, -0.25) is 4.72 Å². The molecule has 2 rings (SSSR count). The van der Waals surface area contributed by atoms with E-state index in [0.717, 1.165) is 16.7 Å². The van der Waals surface area contributed by atoms with Crippen LogP contribution in [-0.2, 0) is 6.54 Å². The molecule has 0 saturated heterocycles. The van der Waals surface area contributed by atoms with Gasteiger partial charge in [0.15, 0.2) is 0 Å². The molecule has 0 unspecified atom stereocenters. The van der Waals surface area contributed by atoms with Crippen LogP contribution in [0.15, 0.2) is 48.5 Å². The van der Waals surface area contributed by atoms with E-state index < -0.39 is 0 Å². The lowest BCUT2D eigenvalue weighted by Crippen LogP contribution is -2.00. The predicted molar refractivity (Wildman–Crippen MR) is 69.4 cm³/mol. The van der Waals surface area contributed by atoms with Gasteiger partial charge in [0.05, 0.1) is 0 Å². The first kappa shape index (κ1) is 11.0. The molecule has 3 heteroatoms. The van der Waals surface area contributed by atoms with Crippen molar-refractivity contribution in [2.45, 2.75) is 6.54 Å². The summed E-state index contributed by atoms with van der Waals surface area (Å²) in [6.45, 7) is 0.689. The number of hydrogen-bond acceptors (Lipinski definition) is 3. The molecule has 82 valence electrons. The van der Waals surface area contributed by atoms with Crippen LogP contribution < -0.4 is 4.72 Å². The monoisotopic (exact) mass is 231 g/mol. The summed E-state index contributed by atoms with van der Waals surface area (Å²) in [5, 5.41) is 9.46. The molecule has 0 aromatic heterocycles. The largest absolute Gasteiger partial charge is 0.508 e. The van der Waals surface area contributed by atoms with Crippen LogP contribution >= 0.6 is 12.8 Å². The Bertz CT molecular complexity index is 485. The van der Waals surface area contributed by atoms with Crippen molar-refractivity contribution in [2.24, 2.45) is 0 Å². The van der Waals surface area contributed by atoms with Crippen molar-refractivity contribution in [3.63, 3.8) is 0 Å². The Hall–Kier alpha value is -1.45. The van der Waals surface area contributed by atoms with Crippen molar-refractivity contribution >= 4 is 12.8 Å². The van der Waals surface area contributed by atoms with Crippen molar-refractivity contribution in [3.05, 3.63) is 54.1 Å². The maximum absolute atomic E-state index is 9.46. The van der Waals surface area contributed by atoms with Gasteiger partial charge in [0, 0.05) is 6.54 Å². The van der Waals surface area contributed by atoms with Gasteiger partial charge >= 0.3 is 0 Å². The fourth-order valence-electron chi connectivity index (χ4n) is 1.71. The van der Waals surface area contributed by atoms with Crippen LogP contribution in [0.3, 0.4) is 0 Å². The Morgan fingerprint density at radius 3 is 2.62 bits per heavy atom. The van der Waals surface area contributed by atoms with E-state index in [-0.39, 0.29) is 5.75 Å². The van der Waals surface area contributed by atoms with Gasteiger partial charge in [-0.1, -0.05) is 49.2 Å². The zero-order valence-corrected chi connectivity index (χ0v) is 9.61. The average molecular weight is 231 g/mol. The SMILES string of the molecule is Oc1cccc(-c2ccccc2CNS)c1. The third kappa shape index (κ3) is 2.38. The quantitative estimate of drug-likeness (QED) is 0.710. The van der Waals surface area contributed by atoms with Crippen molar-refractivity contribution in [1.82, 2.24) is 4.72 Å². The minimum Gasteiger partial charge on any atom is -0.508 e. The zero-order valence-electron chi connectivity index (χ0n) is 8.72. The van der Waals surface area contributed by atoms with Crippen molar-refractivity contribution < 1.29 is 5.11 Å². The summed E-state index contributed by atoms with van der Waals surface area (Å²) in [4.78, 5) is 0. The van der Waals surface area contributed by atoms with Gasteiger partial charge in [-0.15, -0.1) is 0 Å². The van der Waals surface area contributed by atoms with Crippen molar-refractivity contribution in [2.75, 3.05) is 0 Å². The molecule has 0 saturated carbocycles. The van der Waals surface area contributed by atoms with E-state index in [0.29, 0.717) is 6.54 Å². The lowest BCUT2D eigenvalue weighted by molar-refractivity contribution is 0.475. The summed E-state index contributed by atoms with van der Waals surface area (Å²) >= 11 is 4.01. The Kier molecular flexibility index (Phi) is 3.49. The summed E-state index contributed by atoms with van der Waals surface area (Å²) in [5.74, 6) is 0.283. The normalized spacial score (nSPS) is 10.3. The number of phenols is 1. The average Bonchev–Trinajstić information content (AvgIpc) is 2.30. The van der Waals surface area contributed by atoms with Crippen LogP contribution in [0.2, 0.25) is 0 Å². The van der Waals surface area contributed by atoms with E-state index in [1.165, 1.54) is 0 Å². The van der Waals surface area contributed by atoms with Gasteiger partial charge in [0.25, 0.3) is 0 Å². The molecule has 0 aliphatic rings. The molecular weight excluding hydrogens is 218 g/mol. The van der Waals surface area contributed by atoms with E-state index in [4.69, 9.17) is 0 Å². The van der Waals surface area contributed by atoms with E-state index in [1.807, 2.05) is 36.4 Å². The Morgan fingerprint density at radius 2 is 1.88 bits per heavy atom. The number of hydrogen-bond donors (Lipinski definition) is 3. The number of rotatable bonds is 3. The van der Waals surface area contributed by atoms with Gasteiger partial charge in [-0.05, 0) is 28.8 Å². The Morgan fingerprint density at radius 1 is 1.06 bits per heavy atom. The molecule has 2 nitrogen and oxygen atoms in total. The second-order valence-corrected chi connectivity index (χ2v) is 3.86. The van der Waals surface area contributed by atoms with Crippen LogP contribution in [0.5, 0.6) is 5.75 Å². The summed E-state index contributed by atoms with van der Waals surface area (Å²) in [6.07, 6.45) is 0. The lowest BCUT2D eigenvalue weighted by Gasteiger charge is -2.09. The van der Waals surface area contributed by atoms with Gasteiger partial charge in [0.2, 0.25) is 0 Å². The first-order valence-electron chi connectivity index (χ1n) is 5.05. The van der Waals surface area contributed by atoms with Crippen molar-refractivity contribution in [3.8, 4) is 16.9 Å². The van der Waals surface area contributed by atoms with E-state index in [9.17, 15) is 5.11 Å². The van der Waals surface area contributed by atoms with Crippen LogP contribution in [0.4, 0.5) is 0 Å². The highest BCUT2D eigenvalue weighted by Gasteiger charge is 2.03. The molecule has 2 aromatic carbocycles. The molecule has 0 aliphatic carbocycles. The van der Waals surface area contributed by atoms with Gasteiger partial charge in [-0.2, -0.15) is 0 Å². The van der Waals surface area contributed by atoms with Gasteiger partial charge in [0.1, 0.15) is 5.75 Å². The Labute approximate surface area is 100 Å². The molecule has 0 atom stereocenters. The minimum absolute atomic E-state index is 0.283. The summed E-state index contributed by atoms with van der Waals surface area (Å²) in [7, 11) is 0. The summed E-state index contributed by atoms with van der Waals surface area (Å²) in [6, 6.07) is 15.3. The lowest BCUT2D eigenvalue weighted by atomic mass is 10.00. The van der Waals surface area contributed by atoms with E-state index in [1.54, 1.807) is 12.1 Å². The first-order valence-corrected chi connectivity index (χ1v) is 5.50. The topological polar surface area (TPSA) is 32.3 Å². The third-order valence-corrected chi connectivity index (χ3v) is 2.60. The van der Waals surface area contributed by atoms with Crippen LogP contribution in [0.25, 0.3) is 11.1 Å². The number of aromatic hydroxyl groups is 1. The maximum Gasteiger partial charge on any atom is 0.116 e. The highest BCUT2D eigenvalue weighted by molar-refractivity contribution is 7.78. The molecule has 16 heavy (non-hydrogen) atoms. The number of nitrogens with one attached hydrogen (secondary N) is 1. The Balaban J connectivity index is 2.46. The maximum atomic E-state index is 9.46. The molecule has 2 aromatic rings. The fourth-order valence-corrected chi connectivity index (χ4v) is 1.89. The highest BCUT2D eigenvalue weighted by Crippen LogP contribution is 2.26. The van der Waals surface area contributed by atoms with Gasteiger partial charge < -0.3 is 5.11 Å². The summed E-state index contributed by atoms with van der Waals surface area (Å²) in [5.41, 5.74) is 3.28. The second-order valence-electron chi connectivity index (χ2n) is 3.54. The molecule has 2 N–H and O–H groups in total. The molecule has 0 heterocycles. The standard InChI is InChI=1S/C13H13NOS/c15-12-6-3-5-10(8-12)13-7-2-1-4-11(13)9-14-16/h1-8,14-16H,9H2. The molecule has 0 fully saturated rings. The van der Waals surface area contributed by atoms with E-state index >= 15 is 0 Å². The van der Waals surface area contributed by atoms with Crippen LogP contribution in [0, 0.1) is 0 Å². The van der Waals surface area contributed by atoms with Crippen molar-refractivity contribution in [1.29, 1.82) is 0 Å². The molecule has 0 amide bonds. The molecule has 0 radical (unpaired) electrons. The molecule has 0 aliphatic heterocycles. The fraction of sp³-hybridized carbons (Fsp3) is 0.0769. The summed E-state index contributed by atoms with van der Waals surface area (Å²) < 4.78 is 2.84. The van der Waals surface area contributed by atoms with E-state index in [2.05, 4.69) is 17.5 Å². The van der Waals surface area contributed by atoms with Gasteiger partial charge in [-0.25, -0.2) is 0 Å². The highest BCUT2D eigenvalue weighted by atomic mass is 32.1. The predicted octanol–water partition coefficient (Wildman–Crippen LogP) is 2.99. The smallest absolute Gasteiger partial charge is 0.116 e. The molecule has 0 bridgehead atoms. The van der Waals surface area contributed by atoms with Crippen LogP contribution in [0.1, 0.15) is 5.56 Å².